The summed E-state index contributed by atoms with van der Waals surface area (Å²) in [7, 11) is 0. The van der Waals surface area contributed by atoms with Crippen LogP contribution in [0.2, 0.25) is 0 Å². The smallest absolute Gasteiger partial charge is 0.391 e. The van der Waals surface area contributed by atoms with Gasteiger partial charge in [-0.15, -0.1) is 0 Å². The normalized spacial score (nSPS) is 19.1. The van der Waals surface area contributed by atoms with Crippen molar-refractivity contribution in [1.82, 2.24) is 4.90 Å². The molecule has 1 aromatic carbocycles. The summed E-state index contributed by atoms with van der Waals surface area (Å²) in [6.45, 7) is 1.72. The fourth-order valence-corrected chi connectivity index (χ4v) is 2.30. The molecule has 1 fully saturated rings. The number of benzene rings is 1. The van der Waals surface area contributed by atoms with Gasteiger partial charge in [0.2, 0.25) is 0 Å². The number of rotatable bonds is 2. The molecular weight excluding hydrogens is 241 g/mol. The van der Waals surface area contributed by atoms with Gasteiger partial charge in [-0.3, -0.25) is 4.90 Å². The van der Waals surface area contributed by atoms with Crippen LogP contribution in [-0.4, -0.2) is 24.2 Å². The van der Waals surface area contributed by atoms with Crippen LogP contribution in [0.25, 0.3) is 0 Å². The molecule has 1 heterocycles. The third-order valence-corrected chi connectivity index (χ3v) is 3.44. The fourth-order valence-electron chi connectivity index (χ4n) is 2.30. The topological polar surface area (TPSA) is 29.3 Å². The summed E-state index contributed by atoms with van der Waals surface area (Å²) in [5.74, 6) is -1.12. The van der Waals surface area contributed by atoms with E-state index in [-0.39, 0.29) is 12.8 Å². The number of halogens is 3. The lowest BCUT2D eigenvalue weighted by Gasteiger charge is -2.32. The highest BCUT2D eigenvalue weighted by atomic mass is 19.4. The van der Waals surface area contributed by atoms with Crippen LogP contribution < -0.4 is 5.73 Å². The zero-order chi connectivity index (χ0) is 13.2. The molecule has 18 heavy (non-hydrogen) atoms. The largest absolute Gasteiger partial charge is 0.399 e. The Bertz CT molecular complexity index is 378. The zero-order valence-corrected chi connectivity index (χ0v) is 10.1. The fraction of sp³-hybridized carbons (Fsp3) is 0.538. The standard InChI is InChI=1S/C13H17F3N2/c14-13(15,16)11-5-7-18(8-6-11)9-10-1-3-12(17)4-2-10/h1-4,11H,5-9,17H2. The zero-order valence-electron chi connectivity index (χ0n) is 10.1. The second-order valence-electron chi connectivity index (χ2n) is 4.83. The molecule has 0 atom stereocenters. The molecule has 1 aromatic rings. The minimum absolute atomic E-state index is 0.207. The Morgan fingerprint density at radius 1 is 1.11 bits per heavy atom. The van der Waals surface area contributed by atoms with Crippen LogP contribution in [0, 0.1) is 5.92 Å². The van der Waals surface area contributed by atoms with Crippen molar-refractivity contribution in [3.8, 4) is 0 Å². The number of hydrogen-bond donors (Lipinski definition) is 1. The minimum Gasteiger partial charge on any atom is -0.399 e. The van der Waals surface area contributed by atoms with Gasteiger partial charge >= 0.3 is 6.18 Å². The van der Waals surface area contributed by atoms with Crippen molar-refractivity contribution in [2.24, 2.45) is 5.92 Å². The Morgan fingerprint density at radius 3 is 2.17 bits per heavy atom. The van der Waals surface area contributed by atoms with Crippen molar-refractivity contribution >= 4 is 5.69 Å². The number of nitrogens with two attached hydrogens (primary N) is 1. The van der Waals surface area contributed by atoms with Crippen LogP contribution in [0.5, 0.6) is 0 Å². The van der Waals surface area contributed by atoms with Crippen molar-refractivity contribution < 1.29 is 13.2 Å². The molecule has 2 nitrogen and oxygen atoms in total. The van der Waals surface area contributed by atoms with Crippen LogP contribution in [0.4, 0.5) is 18.9 Å². The van der Waals surface area contributed by atoms with Crippen LogP contribution in [0.1, 0.15) is 18.4 Å². The third-order valence-electron chi connectivity index (χ3n) is 3.44. The number of hydrogen-bond acceptors (Lipinski definition) is 2. The molecule has 0 saturated carbocycles. The van der Waals surface area contributed by atoms with E-state index in [1.807, 2.05) is 24.3 Å². The van der Waals surface area contributed by atoms with Crippen molar-refractivity contribution in [2.45, 2.75) is 25.6 Å². The molecule has 2 rings (SSSR count). The van der Waals surface area contributed by atoms with Gasteiger partial charge in [-0.2, -0.15) is 13.2 Å². The Labute approximate surface area is 105 Å². The Hall–Kier alpha value is -1.23. The van der Waals surface area contributed by atoms with Gasteiger partial charge in [0.25, 0.3) is 0 Å². The number of alkyl halides is 3. The van der Waals surface area contributed by atoms with Gasteiger partial charge in [-0.05, 0) is 43.6 Å². The Balaban J connectivity index is 1.85. The molecule has 0 unspecified atom stereocenters. The first-order chi connectivity index (χ1) is 8.45. The van der Waals surface area contributed by atoms with E-state index in [2.05, 4.69) is 4.90 Å². The van der Waals surface area contributed by atoms with E-state index in [1.165, 1.54) is 0 Å². The third kappa shape index (κ3) is 3.38. The minimum atomic E-state index is -4.03. The molecule has 0 spiro atoms. The first-order valence-electron chi connectivity index (χ1n) is 6.08. The lowest BCUT2D eigenvalue weighted by molar-refractivity contribution is -0.185. The van der Waals surface area contributed by atoms with Crippen molar-refractivity contribution in [3.63, 3.8) is 0 Å². The quantitative estimate of drug-likeness (QED) is 0.826. The summed E-state index contributed by atoms with van der Waals surface area (Å²) in [4.78, 5) is 2.06. The van der Waals surface area contributed by atoms with Crippen LogP contribution in [-0.2, 0) is 6.54 Å². The maximum Gasteiger partial charge on any atom is 0.391 e. The van der Waals surface area contributed by atoms with E-state index in [1.54, 1.807) is 0 Å². The molecule has 0 amide bonds. The summed E-state index contributed by atoms with van der Waals surface area (Å²) in [5.41, 5.74) is 7.38. The molecule has 1 aliphatic rings. The summed E-state index contributed by atoms with van der Waals surface area (Å²) >= 11 is 0. The summed E-state index contributed by atoms with van der Waals surface area (Å²) < 4.78 is 37.5. The first kappa shape index (κ1) is 13.2. The highest BCUT2D eigenvalue weighted by Gasteiger charge is 2.40. The second kappa shape index (κ2) is 5.18. The van der Waals surface area contributed by atoms with Gasteiger partial charge in [-0.1, -0.05) is 12.1 Å². The second-order valence-corrected chi connectivity index (χ2v) is 4.83. The van der Waals surface area contributed by atoms with Crippen LogP contribution >= 0.6 is 0 Å². The monoisotopic (exact) mass is 258 g/mol. The maximum absolute atomic E-state index is 12.5. The molecule has 2 N–H and O–H groups in total. The molecular formula is C13H17F3N2. The van der Waals surface area contributed by atoms with Crippen molar-refractivity contribution in [1.29, 1.82) is 0 Å². The molecule has 1 saturated heterocycles. The predicted molar refractivity (Wildman–Crippen MR) is 64.9 cm³/mol. The lowest BCUT2D eigenvalue weighted by Crippen LogP contribution is -2.38. The summed E-state index contributed by atoms with van der Waals surface area (Å²) in [6.07, 6.45) is -3.62. The maximum atomic E-state index is 12.5. The number of nitrogen functional groups attached to an aromatic ring is 1. The molecule has 0 bridgehead atoms. The number of likely N-dealkylation sites (tertiary alicyclic amines) is 1. The van der Waals surface area contributed by atoms with E-state index in [9.17, 15) is 13.2 Å². The van der Waals surface area contributed by atoms with Crippen LogP contribution in [0.15, 0.2) is 24.3 Å². The van der Waals surface area contributed by atoms with Crippen molar-refractivity contribution in [2.75, 3.05) is 18.8 Å². The molecule has 1 aliphatic heterocycles. The van der Waals surface area contributed by atoms with E-state index in [0.29, 0.717) is 25.3 Å². The Kier molecular flexibility index (Phi) is 3.80. The van der Waals surface area contributed by atoms with E-state index >= 15 is 0 Å². The average molecular weight is 258 g/mol. The number of nitrogens with zero attached hydrogens (tertiary/aromatic N) is 1. The van der Waals surface area contributed by atoms with E-state index in [0.717, 1.165) is 5.56 Å². The van der Waals surface area contributed by atoms with E-state index in [4.69, 9.17) is 5.73 Å². The number of piperidine rings is 1. The summed E-state index contributed by atoms with van der Waals surface area (Å²) in [6, 6.07) is 7.48. The molecule has 100 valence electrons. The number of anilines is 1. The highest BCUT2D eigenvalue weighted by Crippen LogP contribution is 2.34. The van der Waals surface area contributed by atoms with Gasteiger partial charge in [0.1, 0.15) is 0 Å². The van der Waals surface area contributed by atoms with Gasteiger partial charge in [0.15, 0.2) is 0 Å². The molecule has 0 radical (unpaired) electrons. The lowest BCUT2D eigenvalue weighted by atomic mass is 9.96. The molecule has 0 aromatic heterocycles. The van der Waals surface area contributed by atoms with Gasteiger partial charge in [0, 0.05) is 12.2 Å². The molecule has 5 heteroatoms. The average Bonchev–Trinajstić information content (AvgIpc) is 2.32. The Morgan fingerprint density at radius 2 is 1.67 bits per heavy atom. The first-order valence-corrected chi connectivity index (χ1v) is 6.08. The van der Waals surface area contributed by atoms with Gasteiger partial charge in [0.05, 0.1) is 5.92 Å². The predicted octanol–water partition coefficient (Wildman–Crippen LogP) is 3.04. The van der Waals surface area contributed by atoms with Gasteiger partial charge in [-0.25, -0.2) is 0 Å². The highest BCUT2D eigenvalue weighted by molar-refractivity contribution is 5.39. The van der Waals surface area contributed by atoms with Crippen molar-refractivity contribution in [3.05, 3.63) is 29.8 Å². The van der Waals surface area contributed by atoms with E-state index < -0.39 is 12.1 Å². The SMILES string of the molecule is Nc1ccc(CN2CCC(C(F)(F)F)CC2)cc1. The van der Waals surface area contributed by atoms with Gasteiger partial charge < -0.3 is 5.73 Å². The summed E-state index contributed by atoms with van der Waals surface area (Å²) in [5, 5.41) is 0. The van der Waals surface area contributed by atoms with Crippen LogP contribution in [0.3, 0.4) is 0 Å². The molecule has 0 aliphatic carbocycles.